The van der Waals surface area contributed by atoms with E-state index in [1.54, 1.807) is 12.1 Å². The van der Waals surface area contributed by atoms with E-state index in [9.17, 15) is 4.79 Å². The molecule has 0 amide bonds. The predicted octanol–water partition coefficient (Wildman–Crippen LogP) is 4.11. The Bertz CT molecular complexity index is 437. The second-order valence-electron chi connectivity index (χ2n) is 5.74. The van der Waals surface area contributed by atoms with Crippen molar-refractivity contribution in [2.24, 2.45) is 0 Å². The van der Waals surface area contributed by atoms with Crippen LogP contribution in [0.4, 0.5) is 5.69 Å². The molecule has 0 atom stereocenters. The number of aromatic carboxylic acids is 1. The summed E-state index contributed by atoms with van der Waals surface area (Å²) in [5.41, 5.74) is 1.49. The first kappa shape index (κ1) is 19.5. The van der Waals surface area contributed by atoms with Crippen LogP contribution in [0.25, 0.3) is 0 Å². The summed E-state index contributed by atoms with van der Waals surface area (Å²) in [6.07, 6.45) is 5.28. The van der Waals surface area contributed by atoms with Crippen molar-refractivity contribution in [3.05, 3.63) is 29.8 Å². The predicted molar refractivity (Wildman–Crippen MR) is 97.5 cm³/mol. The molecular formula is C19H32N2O2. The lowest BCUT2D eigenvalue weighted by atomic mass is 10.1. The van der Waals surface area contributed by atoms with Crippen molar-refractivity contribution in [2.45, 2.75) is 46.5 Å². The Morgan fingerprint density at radius 2 is 1.61 bits per heavy atom. The molecule has 0 saturated carbocycles. The topological polar surface area (TPSA) is 43.8 Å². The number of carbonyl (C=O) groups is 1. The molecule has 130 valence electrons. The van der Waals surface area contributed by atoms with Crippen LogP contribution in [0.1, 0.15) is 56.8 Å². The molecule has 1 aliphatic rings. The van der Waals surface area contributed by atoms with Crippen LogP contribution < -0.4 is 4.90 Å². The monoisotopic (exact) mass is 320 g/mol. The lowest BCUT2D eigenvalue weighted by Gasteiger charge is -2.36. The van der Waals surface area contributed by atoms with E-state index in [2.05, 4.69) is 16.7 Å². The fourth-order valence-electron chi connectivity index (χ4n) is 2.81. The van der Waals surface area contributed by atoms with E-state index in [0.29, 0.717) is 5.56 Å². The Hall–Kier alpha value is -1.55. The molecule has 0 unspecified atom stereocenters. The average Bonchev–Trinajstić information content (AvgIpc) is 2.61. The van der Waals surface area contributed by atoms with Crippen molar-refractivity contribution < 1.29 is 9.90 Å². The molecule has 1 aromatic rings. The highest BCUT2D eigenvalue weighted by molar-refractivity contribution is 5.88. The Morgan fingerprint density at radius 3 is 2.13 bits per heavy atom. The fourth-order valence-corrected chi connectivity index (χ4v) is 2.81. The average molecular weight is 320 g/mol. The highest BCUT2D eigenvalue weighted by atomic mass is 16.4. The van der Waals surface area contributed by atoms with Crippen molar-refractivity contribution >= 4 is 11.7 Å². The molecule has 0 bridgehead atoms. The van der Waals surface area contributed by atoms with Crippen molar-refractivity contribution in [1.29, 1.82) is 0 Å². The second-order valence-corrected chi connectivity index (χ2v) is 5.74. The molecule has 1 saturated heterocycles. The molecular weight excluding hydrogens is 288 g/mol. The summed E-state index contributed by atoms with van der Waals surface area (Å²) >= 11 is 0. The standard InChI is InChI=1S/C17H26N2O2.C2H6/c1-2-3-4-5-10-18-11-13-19(14-12-18)16-8-6-15(7-9-16)17(20)21;1-2/h6-9H,2-5,10-14H2,1H3,(H,20,21);1-2H3. The third-order valence-electron chi connectivity index (χ3n) is 4.18. The van der Waals surface area contributed by atoms with Crippen LogP contribution in [0.3, 0.4) is 0 Å². The van der Waals surface area contributed by atoms with Crippen molar-refractivity contribution in [2.75, 3.05) is 37.6 Å². The van der Waals surface area contributed by atoms with Crippen LogP contribution >= 0.6 is 0 Å². The first-order valence-electron chi connectivity index (χ1n) is 9.01. The minimum Gasteiger partial charge on any atom is -0.478 e. The molecule has 0 aromatic heterocycles. The van der Waals surface area contributed by atoms with Crippen LogP contribution in [-0.2, 0) is 0 Å². The highest BCUT2D eigenvalue weighted by Gasteiger charge is 2.16. The van der Waals surface area contributed by atoms with Gasteiger partial charge in [0.2, 0.25) is 0 Å². The summed E-state index contributed by atoms with van der Waals surface area (Å²) < 4.78 is 0. The molecule has 1 aliphatic heterocycles. The van der Waals surface area contributed by atoms with Crippen LogP contribution in [-0.4, -0.2) is 48.7 Å². The maximum atomic E-state index is 10.9. The Kier molecular flexibility index (Phi) is 9.37. The maximum absolute atomic E-state index is 10.9. The van der Waals surface area contributed by atoms with Crippen LogP contribution in [0.15, 0.2) is 24.3 Å². The molecule has 1 aromatic carbocycles. The summed E-state index contributed by atoms with van der Waals surface area (Å²) in [6.45, 7) is 11.7. The van der Waals surface area contributed by atoms with Gasteiger partial charge in [0.25, 0.3) is 0 Å². The van der Waals surface area contributed by atoms with Gasteiger partial charge in [-0.25, -0.2) is 4.79 Å². The number of carboxylic acids is 1. The van der Waals surface area contributed by atoms with Gasteiger partial charge in [-0.3, -0.25) is 4.90 Å². The number of rotatable bonds is 7. The highest BCUT2D eigenvalue weighted by Crippen LogP contribution is 2.17. The van der Waals surface area contributed by atoms with Gasteiger partial charge in [0, 0.05) is 31.9 Å². The minimum absolute atomic E-state index is 0.355. The van der Waals surface area contributed by atoms with Crippen LogP contribution in [0, 0.1) is 0 Å². The minimum atomic E-state index is -0.863. The molecule has 1 heterocycles. The molecule has 2 rings (SSSR count). The van der Waals surface area contributed by atoms with E-state index < -0.39 is 5.97 Å². The van der Waals surface area contributed by atoms with Gasteiger partial charge >= 0.3 is 5.97 Å². The Labute approximate surface area is 141 Å². The first-order valence-corrected chi connectivity index (χ1v) is 9.01. The van der Waals surface area contributed by atoms with Gasteiger partial charge < -0.3 is 10.0 Å². The summed E-state index contributed by atoms with van der Waals surface area (Å²) in [5.74, 6) is -0.863. The van der Waals surface area contributed by atoms with Gasteiger partial charge in [0.05, 0.1) is 5.56 Å². The first-order chi connectivity index (χ1) is 11.2. The number of hydrogen-bond acceptors (Lipinski definition) is 3. The SMILES string of the molecule is CC.CCCCCCN1CCN(c2ccc(C(=O)O)cc2)CC1. The van der Waals surface area contributed by atoms with Crippen molar-refractivity contribution in [3.63, 3.8) is 0 Å². The van der Waals surface area contributed by atoms with Gasteiger partial charge in [-0.1, -0.05) is 40.0 Å². The molecule has 4 nitrogen and oxygen atoms in total. The molecule has 0 radical (unpaired) electrons. The normalized spacial score (nSPS) is 15.0. The smallest absolute Gasteiger partial charge is 0.335 e. The quantitative estimate of drug-likeness (QED) is 0.768. The van der Waals surface area contributed by atoms with Crippen LogP contribution in [0.5, 0.6) is 0 Å². The molecule has 1 N–H and O–H groups in total. The summed E-state index contributed by atoms with van der Waals surface area (Å²) in [7, 11) is 0. The van der Waals surface area contributed by atoms with E-state index in [0.717, 1.165) is 31.9 Å². The molecule has 0 aliphatic carbocycles. The van der Waals surface area contributed by atoms with E-state index in [1.165, 1.54) is 32.2 Å². The third-order valence-corrected chi connectivity index (χ3v) is 4.18. The van der Waals surface area contributed by atoms with E-state index in [-0.39, 0.29) is 0 Å². The van der Waals surface area contributed by atoms with E-state index >= 15 is 0 Å². The van der Waals surface area contributed by atoms with Gasteiger partial charge in [-0.05, 0) is 37.2 Å². The van der Waals surface area contributed by atoms with Gasteiger partial charge in [0.1, 0.15) is 0 Å². The zero-order valence-corrected chi connectivity index (χ0v) is 14.9. The second kappa shape index (κ2) is 11.1. The zero-order chi connectivity index (χ0) is 17.1. The fraction of sp³-hybridized carbons (Fsp3) is 0.632. The molecule has 4 heteroatoms. The maximum Gasteiger partial charge on any atom is 0.335 e. The number of piperazine rings is 1. The largest absolute Gasteiger partial charge is 0.478 e. The number of nitrogens with zero attached hydrogens (tertiary/aromatic N) is 2. The van der Waals surface area contributed by atoms with Crippen LogP contribution in [0.2, 0.25) is 0 Å². The van der Waals surface area contributed by atoms with Crippen molar-refractivity contribution in [1.82, 2.24) is 4.90 Å². The molecule has 23 heavy (non-hydrogen) atoms. The number of carboxylic acid groups (broad SMARTS) is 1. The number of unbranched alkanes of at least 4 members (excludes halogenated alkanes) is 3. The number of hydrogen-bond donors (Lipinski definition) is 1. The van der Waals surface area contributed by atoms with E-state index in [1.807, 2.05) is 26.0 Å². The lowest BCUT2D eigenvalue weighted by Crippen LogP contribution is -2.46. The Balaban J connectivity index is 0.00000127. The van der Waals surface area contributed by atoms with E-state index in [4.69, 9.17) is 5.11 Å². The Morgan fingerprint density at radius 1 is 1.00 bits per heavy atom. The number of benzene rings is 1. The van der Waals surface area contributed by atoms with Gasteiger partial charge in [-0.2, -0.15) is 0 Å². The third kappa shape index (κ3) is 6.61. The number of anilines is 1. The summed E-state index contributed by atoms with van der Waals surface area (Å²) in [4.78, 5) is 15.7. The zero-order valence-electron chi connectivity index (χ0n) is 14.9. The van der Waals surface area contributed by atoms with Crippen molar-refractivity contribution in [3.8, 4) is 0 Å². The molecule has 0 spiro atoms. The van der Waals surface area contributed by atoms with Gasteiger partial charge in [-0.15, -0.1) is 0 Å². The molecule has 1 fully saturated rings. The lowest BCUT2D eigenvalue weighted by molar-refractivity contribution is 0.0697. The summed E-state index contributed by atoms with van der Waals surface area (Å²) in [5, 5.41) is 8.92. The van der Waals surface area contributed by atoms with Gasteiger partial charge in [0.15, 0.2) is 0 Å². The summed E-state index contributed by atoms with van der Waals surface area (Å²) in [6, 6.07) is 7.21.